The maximum absolute atomic E-state index is 13.4. The molecule has 1 fully saturated rings. The average molecular weight is 452 g/mol. The number of hydrogen-bond donors (Lipinski definition) is 0. The Morgan fingerprint density at radius 1 is 1.19 bits per heavy atom. The maximum atomic E-state index is 13.4. The molecule has 4 rings (SSSR count). The van der Waals surface area contributed by atoms with Crippen LogP contribution in [0.1, 0.15) is 23.2 Å². The highest BCUT2D eigenvalue weighted by Gasteiger charge is 2.33. The van der Waals surface area contributed by atoms with E-state index in [0.29, 0.717) is 36.6 Å². The van der Waals surface area contributed by atoms with E-state index in [9.17, 15) is 9.18 Å². The Hall–Kier alpha value is -3.21. The third-order valence-corrected chi connectivity index (χ3v) is 5.95. The largest absolute Gasteiger partial charge is 0.329 e. The fourth-order valence-corrected chi connectivity index (χ4v) is 4.19. The molecule has 3 aromatic rings. The van der Waals surface area contributed by atoms with Crippen molar-refractivity contribution in [2.24, 2.45) is 0 Å². The number of nitrogens with zero attached hydrogens (tertiary/aromatic N) is 5. The standard InChI is InChI=1S/C24H23ClFN5O/c25-20-2-1-3-21(10-20)31-15-22(8-9-26)29(16-24(31)32)14-23-12-28-17-30(23)13-19-6-4-18(11-27)5-7-19/h1-7,10,12,17,22H,8-9,13-16H2. The van der Waals surface area contributed by atoms with E-state index in [1.165, 1.54) is 0 Å². The molecule has 1 atom stereocenters. The average Bonchev–Trinajstić information content (AvgIpc) is 3.22. The van der Waals surface area contributed by atoms with Gasteiger partial charge in [0.15, 0.2) is 0 Å². The highest BCUT2D eigenvalue weighted by Crippen LogP contribution is 2.25. The van der Waals surface area contributed by atoms with E-state index in [1.807, 2.05) is 33.7 Å². The molecule has 1 amide bonds. The van der Waals surface area contributed by atoms with Crippen LogP contribution in [0, 0.1) is 11.3 Å². The number of anilines is 1. The van der Waals surface area contributed by atoms with Crippen LogP contribution in [0.25, 0.3) is 0 Å². The molecule has 164 valence electrons. The summed E-state index contributed by atoms with van der Waals surface area (Å²) in [4.78, 5) is 20.9. The van der Waals surface area contributed by atoms with Crippen molar-refractivity contribution in [2.75, 3.05) is 24.7 Å². The van der Waals surface area contributed by atoms with Gasteiger partial charge >= 0.3 is 0 Å². The molecule has 0 radical (unpaired) electrons. The first-order valence-electron chi connectivity index (χ1n) is 10.4. The van der Waals surface area contributed by atoms with Crippen LogP contribution in [0.4, 0.5) is 10.1 Å². The molecule has 0 N–H and O–H groups in total. The Bertz CT molecular complexity index is 1120. The molecule has 1 saturated heterocycles. The molecule has 0 aliphatic carbocycles. The number of imidazole rings is 1. The lowest BCUT2D eigenvalue weighted by Crippen LogP contribution is -2.56. The number of aromatic nitrogens is 2. The van der Waals surface area contributed by atoms with Crippen molar-refractivity contribution in [1.29, 1.82) is 5.26 Å². The summed E-state index contributed by atoms with van der Waals surface area (Å²) in [6.45, 7) is 1.25. The zero-order chi connectivity index (χ0) is 22.5. The first kappa shape index (κ1) is 22.0. The van der Waals surface area contributed by atoms with Gasteiger partial charge < -0.3 is 9.47 Å². The van der Waals surface area contributed by atoms with Crippen LogP contribution >= 0.6 is 11.6 Å². The topological polar surface area (TPSA) is 65.2 Å². The van der Waals surface area contributed by atoms with Gasteiger partial charge in [-0.15, -0.1) is 0 Å². The van der Waals surface area contributed by atoms with Crippen LogP contribution in [0.5, 0.6) is 0 Å². The number of nitriles is 1. The maximum Gasteiger partial charge on any atom is 0.241 e. The summed E-state index contributed by atoms with van der Waals surface area (Å²) in [5, 5.41) is 9.53. The Morgan fingerprint density at radius 2 is 2.00 bits per heavy atom. The SMILES string of the molecule is N#Cc1ccc(Cn2cncc2CN2CC(=O)N(c3cccc(Cl)c3)CC2CCF)cc1. The molecule has 32 heavy (non-hydrogen) atoms. The highest BCUT2D eigenvalue weighted by atomic mass is 35.5. The second-order valence-corrected chi connectivity index (χ2v) is 8.28. The summed E-state index contributed by atoms with van der Waals surface area (Å²) in [7, 11) is 0. The fraction of sp³-hybridized carbons (Fsp3) is 0.292. The second-order valence-electron chi connectivity index (χ2n) is 7.84. The Labute approximate surface area is 191 Å². The van der Waals surface area contributed by atoms with E-state index in [-0.39, 0.29) is 18.5 Å². The Balaban J connectivity index is 1.49. The van der Waals surface area contributed by atoms with Crippen LogP contribution in [-0.2, 0) is 17.9 Å². The first-order valence-corrected chi connectivity index (χ1v) is 10.8. The molecule has 0 bridgehead atoms. The van der Waals surface area contributed by atoms with Crippen molar-refractivity contribution < 1.29 is 9.18 Å². The van der Waals surface area contributed by atoms with Crippen LogP contribution in [0.3, 0.4) is 0 Å². The number of halogens is 2. The van der Waals surface area contributed by atoms with Crippen LogP contribution in [0.2, 0.25) is 5.02 Å². The molecule has 1 aliphatic rings. The molecule has 8 heteroatoms. The van der Waals surface area contributed by atoms with Crippen molar-refractivity contribution in [2.45, 2.75) is 25.6 Å². The van der Waals surface area contributed by atoms with Crippen molar-refractivity contribution in [3.63, 3.8) is 0 Å². The number of hydrogen-bond acceptors (Lipinski definition) is 4. The highest BCUT2D eigenvalue weighted by molar-refractivity contribution is 6.30. The van der Waals surface area contributed by atoms with Gasteiger partial charge in [0, 0.05) is 42.6 Å². The summed E-state index contributed by atoms with van der Waals surface area (Å²) in [6, 6.07) is 16.6. The van der Waals surface area contributed by atoms with Gasteiger partial charge in [-0.1, -0.05) is 29.8 Å². The molecular weight excluding hydrogens is 429 g/mol. The van der Waals surface area contributed by atoms with E-state index >= 15 is 0 Å². The number of benzene rings is 2. The van der Waals surface area contributed by atoms with E-state index in [2.05, 4.69) is 11.1 Å². The van der Waals surface area contributed by atoms with Gasteiger partial charge in [0.25, 0.3) is 0 Å². The summed E-state index contributed by atoms with van der Waals surface area (Å²) in [6.07, 6.45) is 3.87. The van der Waals surface area contributed by atoms with Crippen LogP contribution in [-0.4, -0.2) is 46.2 Å². The molecule has 0 spiro atoms. The second kappa shape index (κ2) is 9.94. The monoisotopic (exact) mass is 451 g/mol. The number of rotatable bonds is 7. The predicted octanol–water partition coefficient (Wildman–Crippen LogP) is 4.03. The van der Waals surface area contributed by atoms with Gasteiger partial charge in [0.2, 0.25) is 5.91 Å². The van der Waals surface area contributed by atoms with Crippen molar-refractivity contribution in [3.8, 4) is 6.07 Å². The van der Waals surface area contributed by atoms with Crippen LogP contribution in [0.15, 0.2) is 61.1 Å². The molecule has 1 aliphatic heterocycles. The molecule has 2 heterocycles. The summed E-state index contributed by atoms with van der Waals surface area (Å²) in [5.74, 6) is -0.0412. The smallest absolute Gasteiger partial charge is 0.241 e. The van der Waals surface area contributed by atoms with E-state index < -0.39 is 6.67 Å². The van der Waals surface area contributed by atoms with Gasteiger partial charge in [-0.2, -0.15) is 5.26 Å². The quantitative estimate of drug-likeness (QED) is 0.544. The first-order chi connectivity index (χ1) is 15.6. The van der Waals surface area contributed by atoms with Gasteiger partial charge in [-0.25, -0.2) is 4.98 Å². The minimum absolute atomic E-state index is 0.0412. The molecule has 6 nitrogen and oxygen atoms in total. The summed E-state index contributed by atoms with van der Waals surface area (Å²) in [5.41, 5.74) is 3.34. The van der Waals surface area contributed by atoms with E-state index in [4.69, 9.17) is 16.9 Å². The lowest BCUT2D eigenvalue weighted by molar-refractivity contribution is -0.122. The summed E-state index contributed by atoms with van der Waals surface area (Å²) >= 11 is 6.10. The third kappa shape index (κ3) is 4.98. The zero-order valence-corrected chi connectivity index (χ0v) is 18.2. The number of carbonyl (C=O) groups is 1. The third-order valence-electron chi connectivity index (χ3n) is 5.71. The van der Waals surface area contributed by atoms with E-state index in [0.717, 1.165) is 16.9 Å². The number of alkyl halides is 1. The number of piperazine rings is 1. The summed E-state index contributed by atoms with van der Waals surface area (Å²) < 4.78 is 15.4. The zero-order valence-electron chi connectivity index (χ0n) is 17.5. The van der Waals surface area contributed by atoms with Crippen molar-refractivity contribution >= 4 is 23.2 Å². The Morgan fingerprint density at radius 3 is 2.72 bits per heavy atom. The van der Waals surface area contributed by atoms with Crippen molar-refractivity contribution in [3.05, 3.63) is 82.9 Å². The Kier molecular flexibility index (Phi) is 6.84. The number of amides is 1. The normalized spacial score (nSPS) is 16.8. The molecule has 1 aromatic heterocycles. The van der Waals surface area contributed by atoms with Gasteiger partial charge in [0.05, 0.1) is 36.9 Å². The van der Waals surface area contributed by atoms with Crippen LogP contribution < -0.4 is 4.90 Å². The predicted molar refractivity (Wildman–Crippen MR) is 121 cm³/mol. The van der Waals surface area contributed by atoms with Gasteiger partial charge in [0.1, 0.15) is 0 Å². The van der Waals surface area contributed by atoms with Gasteiger partial charge in [-0.3, -0.25) is 14.1 Å². The molecule has 1 unspecified atom stereocenters. The molecular formula is C24H23ClFN5O. The molecule has 2 aromatic carbocycles. The van der Waals surface area contributed by atoms with Crippen molar-refractivity contribution in [1.82, 2.24) is 14.5 Å². The minimum Gasteiger partial charge on any atom is -0.329 e. The number of carbonyl (C=O) groups excluding carboxylic acids is 1. The fourth-order valence-electron chi connectivity index (χ4n) is 4.01. The molecule has 0 saturated carbocycles. The van der Waals surface area contributed by atoms with Gasteiger partial charge in [-0.05, 0) is 42.3 Å². The lowest BCUT2D eigenvalue weighted by atomic mass is 10.1. The minimum atomic E-state index is -0.455. The van der Waals surface area contributed by atoms with E-state index in [1.54, 1.807) is 41.7 Å². The lowest BCUT2D eigenvalue weighted by Gasteiger charge is -2.40.